The van der Waals surface area contributed by atoms with Crippen molar-refractivity contribution >= 4 is 29.6 Å². The highest BCUT2D eigenvalue weighted by Gasteiger charge is 2.16. The molecule has 192 valence electrons. The Hall–Kier alpha value is -4.86. The first-order valence-corrected chi connectivity index (χ1v) is 11.5. The first kappa shape index (κ1) is 26.7. The van der Waals surface area contributed by atoms with E-state index < -0.39 is 11.8 Å². The maximum absolute atomic E-state index is 12.3. The monoisotopic (exact) mass is 504 g/mol. The second-order valence-corrected chi connectivity index (χ2v) is 7.51. The number of benzene rings is 3. The summed E-state index contributed by atoms with van der Waals surface area (Å²) in [5.41, 5.74) is 3.92. The number of hydrogen-bond donors (Lipinski definition) is 3. The lowest BCUT2D eigenvalue weighted by molar-refractivity contribution is -0.136. The Bertz CT molecular complexity index is 1250. The van der Waals surface area contributed by atoms with Crippen LogP contribution < -0.4 is 30.3 Å². The predicted molar refractivity (Wildman–Crippen MR) is 139 cm³/mol. The van der Waals surface area contributed by atoms with Crippen LogP contribution in [0, 0.1) is 0 Å². The van der Waals surface area contributed by atoms with Gasteiger partial charge in [-0.25, -0.2) is 5.43 Å². The zero-order chi connectivity index (χ0) is 26.5. The van der Waals surface area contributed by atoms with Crippen molar-refractivity contribution in [2.45, 2.75) is 13.5 Å². The lowest BCUT2D eigenvalue weighted by atomic mass is 10.2. The molecule has 0 spiro atoms. The minimum absolute atomic E-state index is 0.257. The summed E-state index contributed by atoms with van der Waals surface area (Å²) in [7, 11) is 1.46. The smallest absolute Gasteiger partial charge is 0.329 e. The van der Waals surface area contributed by atoms with Crippen LogP contribution in [0.25, 0.3) is 0 Å². The lowest BCUT2D eigenvalue weighted by Crippen LogP contribution is -2.32. The highest BCUT2D eigenvalue weighted by atomic mass is 16.5. The molecule has 0 saturated heterocycles. The molecule has 0 aromatic heterocycles. The SMILES string of the molecule is CCOc1ccccc1NC(=O)C(=O)N/N=C\c1cccc(OC)c1OCC(=O)NCc1ccccc1. The van der Waals surface area contributed by atoms with Crippen LogP contribution in [0.15, 0.2) is 77.9 Å². The summed E-state index contributed by atoms with van der Waals surface area (Å²) in [6.45, 7) is 2.32. The molecule has 0 bridgehead atoms. The van der Waals surface area contributed by atoms with E-state index in [1.807, 2.05) is 37.3 Å². The first-order chi connectivity index (χ1) is 18.0. The molecule has 0 aliphatic heterocycles. The van der Waals surface area contributed by atoms with Gasteiger partial charge in [0, 0.05) is 12.1 Å². The van der Waals surface area contributed by atoms with Crippen LogP contribution in [0.5, 0.6) is 17.2 Å². The van der Waals surface area contributed by atoms with Gasteiger partial charge in [0.25, 0.3) is 5.91 Å². The van der Waals surface area contributed by atoms with E-state index >= 15 is 0 Å². The van der Waals surface area contributed by atoms with E-state index in [2.05, 4.69) is 21.2 Å². The first-order valence-electron chi connectivity index (χ1n) is 11.5. The average molecular weight is 505 g/mol. The van der Waals surface area contributed by atoms with Crippen LogP contribution in [0.4, 0.5) is 5.69 Å². The topological polar surface area (TPSA) is 127 Å². The highest BCUT2D eigenvalue weighted by molar-refractivity contribution is 6.39. The van der Waals surface area contributed by atoms with Crippen molar-refractivity contribution in [2.75, 3.05) is 25.6 Å². The summed E-state index contributed by atoms with van der Waals surface area (Å²) in [5, 5.41) is 9.12. The van der Waals surface area contributed by atoms with E-state index in [1.54, 1.807) is 42.5 Å². The molecule has 0 radical (unpaired) electrons. The molecule has 10 heteroatoms. The number of rotatable bonds is 11. The zero-order valence-corrected chi connectivity index (χ0v) is 20.5. The van der Waals surface area contributed by atoms with Gasteiger partial charge in [0.1, 0.15) is 5.75 Å². The van der Waals surface area contributed by atoms with Crippen LogP contribution in [-0.4, -0.2) is 44.3 Å². The molecule has 3 N–H and O–H groups in total. The minimum Gasteiger partial charge on any atom is -0.493 e. The van der Waals surface area contributed by atoms with Gasteiger partial charge in [0.05, 0.1) is 25.6 Å². The molecule has 0 aliphatic rings. The number of carbonyl (C=O) groups excluding carboxylic acids is 3. The Morgan fingerprint density at radius 2 is 1.59 bits per heavy atom. The molecule has 0 saturated carbocycles. The predicted octanol–water partition coefficient (Wildman–Crippen LogP) is 2.88. The Morgan fingerprint density at radius 1 is 0.865 bits per heavy atom. The van der Waals surface area contributed by atoms with E-state index in [-0.39, 0.29) is 18.3 Å². The fourth-order valence-electron chi connectivity index (χ4n) is 3.18. The second kappa shape index (κ2) is 13.9. The molecule has 10 nitrogen and oxygen atoms in total. The number of nitrogens with zero attached hydrogens (tertiary/aromatic N) is 1. The van der Waals surface area contributed by atoms with Crippen molar-refractivity contribution in [3.05, 3.63) is 83.9 Å². The molecule has 0 unspecified atom stereocenters. The molecular weight excluding hydrogens is 476 g/mol. The molecule has 3 aromatic carbocycles. The molecule has 3 rings (SSSR count). The fourth-order valence-corrected chi connectivity index (χ4v) is 3.18. The van der Waals surface area contributed by atoms with Gasteiger partial charge in [-0.15, -0.1) is 0 Å². The third-order valence-corrected chi connectivity index (χ3v) is 4.92. The fraction of sp³-hybridized carbons (Fsp3) is 0.185. The zero-order valence-electron chi connectivity index (χ0n) is 20.5. The highest BCUT2D eigenvalue weighted by Crippen LogP contribution is 2.30. The number of methoxy groups -OCH3 is 1. The van der Waals surface area contributed by atoms with E-state index in [1.165, 1.54) is 13.3 Å². The van der Waals surface area contributed by atoms with E-state index in [9.17, 15) is 14.4 Å². The Morgan fingerprint density at radius 3 is 2.35 bits per heavy atom. The maximum atomic E-state index is 12.3. The van der Waals surface area contributed by atoms with Crippen molar-refractivity contribution < 1.29 is 28.6 Å². The van der Waals surface area contributed by atoms with Gasteiger partial charge < -0.3 is 24.8 Å². The van der Waals surface area contributed by atoms with Crippen LogP contribution in [0.3, 0.4) is 0 Å². The Labute approximate surface area is 214 Å². The summed E-state index contributed by atoms with van der Waals surface area (Å²) < 4.78 is 16.5. The maximum Gasteiger partial charge on any atom is 0.329 e. The number of para-hydroxylation sites is 3. The number of amides is 3. The van der Waals surface area contributed by atoms with Crippen LogP contribution in [-0.2, 0) is 20.9 Å². The van der Waals surface area contributed by atoms with Crippen molar-refractivity contribution in [1.29, 1.82) is 0 Å². The van der Waals surface area contributed by atoms with Gasteiger partial charge >= 0.3 is 11.8 Å². The van der Waals surface area contributed by atoms with Crippen LogP contribution >= 0.6 is 0 Å². The van der Waals surface area contributed by atoms with Crippen molar-refractivity contribution in [2.24, 2.45) is 5.10 Å². The van der Waals surface area contributed by atoms with Gasteiger partial charge in [0.2, 0.25) is 0 Å². The Balaban J connectivity index is 1.59. The molecule has 0 atom stereocenters. The van der Waals surface area contributed by atoms with E-state index in [0.29, 0.717) is 35.9 Å². The van der Waals surface area contributed by atoms with E-state index in [4.69, 9.17) is 14.2 Å². The van der Waals surface area contributed by atoms with Crippen molar-refractivity contribution in [3.8, 4) is 17.2 Å². The second-order valence-electron chi connectivity index (χ2n) is 7.51. The number of hydrogen-bond acceptors (Lipinski definition) is 7. The molecule has 3 aromatic rings. The number of carbonyl (C=O) groups is 3. The molecule has 0 heterocycles. The number of anilines is 1. The minimum atomic E-state index is -0.979. The number of hydrazone groups is 1. The summed E-state index contributed by atoms with van der Waals surface area (Å²) in [5.74, 6) is -1.14. The van der Waals surface area contributed by atoms with Crippen LogP contribution in [0.1, 0.15) is 18.1 Å². The van der Waals surface area contributed by atoms with Crippen molar-refractivity contribution in [1.82, 2.24) is 10.7 Å². The van der Waals surface area contributed by atoms with Gasteiger partial charge in [-0.3, -0.25) is 14.4 Å². The number of nitrogens with one attached hydrogen (secondary N) is 3. The molecule has 37 heavy (non-hydrogen) atoms. The van der Waals surface area contributed by atoms with Gasteiger partial charge in [0.15, 0.2) is 18.1 Å². The summed E-state index contributed by atoms with van der Waals surface area (Å²) in [6, 6.07) is 21.3. The third-order valence-electron chi connectivity index (χ3n) is 4.92. The average Bonchev–Trinajstić information content (AvgIpc) is 2.92. The Kier molecular flexibility index (Phi) is 10.0. The number of ether oxygens (including phenoxy) is 3. The standard InChI is InChI=1S/C27H28N4O6/c1-3-36-22-14-8-7-13-21(22)30-26(33)27(34)31-29-17-20-12-9-15-23(35-2)25(20)37-18-24(32)28-16-19-10-5-4-6-11-19/h4-15,17H,3,16,18H2,1-2H3,(H,28,32)(H,30,33)(H,31,34)/b29-17-. The van der Waals surface area contributed by atoms with Gasteiger partial charge in [-0.1, -0.05) is 48.5 Å². The third kappa shape index (κ3) is 8.10. The summed E-state index contributed by atoms with van der Waals surface area (Å²) in [6.07, 6.45) is 1.29. The van der Waals surface area contributed by atoms with Crippen LogP contribution in [0.2, 0.25) is 0 Å². The lowest BCUT2D eigenvalue weighted by Gasteiger charge is -2.13. The normalized spacial score (nSPS) is 10.4. The van der Waals surface area contributed by atoms with E-state index in [0.717, 1.165) is 5.56 Å². The van der Waals surface area contributed by atoms with Gasteiger partial charge in [-0.2, -0.15) is 5.10 Å². The molecular formula is C27H28N4O6. The largest absolute Gasteiger partial charge is 0.493 e. The molecule has 0 aliphatic carbocycles. The summed E-state index contributed by atoms with van der Waals surface area (Å²) >= 11 is 0. The van der Waals surface area contributed by atoms with Gasteiger partial charge in [-0.05, 0) is 36.8 Å². The molecule has 3 amide bonds. The summed E-state index contributed by atoms with van der Waals surface area (Å²) in [4.78, 5) is 36.8. The quantitative estimate of drug-likeness (QED) is 0.209. The van der Waals surface area contributed by atoms with Crippen molar-refractivity contribution in [3.63, 3.8) is 0 Å². The molecule has 0 fully saturated rings.